The van der Waals surface area contributed by atoms with Crippen LogP contribution in [0.3, 0.4) is 0 Å². The van der Waals surface area contributed by atoms with Gasteiger partial charge in [-0.2, -0.15) is 0 Å². The summed E-state index contributed by atoms with van der Waals surface area (Å²) in [5.74, 6) is 1.56. The third-order valence-electron chi connectivity index (χ3n) is 5.67. The predicted molar refractivity (Wildman–Crippen MR) is 92.4 cm³/mol. The Labute approximate surface area is 134 Å². The van der Waals surface area contributed by atoms with Crippen LogP contribution in [0.1, 0.15) is 44.9 Å². The van der Waals surface area contributed by atoms with E-state index in [0.29, 0.717) is 18.0 Å². The molecule has 3 aliphatic heterocycles. The van der Waals surface area contributed by atoms with Crippen molar-refractivity contribution in [2.75, 3.05) is 19.6 Å². The van der Waals surface area contributed by atoms with Crippen molar-refractivity contribution < 1.29 is 0 Å². The molecule has 2 bridgehead atoms. The highest BCUT2D eigenvalue weighted by Gasteiger charge is 2.38. The number of thiocarbonyl (C=S) groups is 1. The summed E-state index contributed by atoms with van der Waals surface area (Å²) in [5, 5.41) is 7.84. The lowest BCUT2D eigenvalue weighted by Crippen LogP contribution is -2.57. The Morgan fingerprint density at radius 2 is 2.05 bits per heavy atom. The molecule has 118 valence electrons. The minimum Gasteiger partial charge on any atom is -0.361 e. The van der Waals surface area contributed by atoms with Crippen LogP contribution in [0.2, 0.25) is 0 Å². The van der Waals surface area contributed by atoms with E-state index in [9.17, 15) is 0 Å². The van der Waals surface area contributed by atoms with E-state index >= 15 is 0 Å². The summed E-state index contributed by atoms with van der Waals surface area (Å²) < 4.78 is 0. The summed E-state index contributed by atoms with van der Waals surface area (Å²) in [7, 11) is 0. The van der Waals surface area contributed by atoms with Crippen molar-refractivity contribution in [3.05, 3.63) is 12.7 Å². The standard InChI is InChI=1S/C17H29N3S/c1-2-13-12-20-9-8-14(13)10-16(20)11-18-17(21)19-15-6-4-3-5-7-15/h2,13-16H,1,3-12H2,(H2,18,19,21). The molecule has 4 unspecified atom stereocenters. The molecule has 1 saturated carbocycles. The zero-order chi connectivity index (χ0) is 14.7. The molecule has 3 heterocycles. The summed E-state index contributed by atoms with van der Waals surface area (Å²) in [6.07, 6.45) is 11.5. The van der Waals surface area contributed by atoms with Gasteiger partial charge < -0.3 is 10.6 Å². The molecule has 4 rings (SSSR count). The van der Waals surface area contributed by atoms with E-state index in [0.717, 1.165) is 17.6 Å². The van der Waals surface area contributed by atoms with Gasteiger partial charge in [0.2, 0.25) is 0 Å². The largest absolute Gasteiger partial charge is 0.361 e. The quantitative estimate of drug-likeness (QED) is 0.617. The molecule has 3 nitrogen and oxygen atoms in total. The highest BCUT2D eigenvalue weighted by molar-refractivity contribution is 7.80. The maximum Gasteiger partial charge on any atom is 0.166 e. The van der Waals surface area contributed by atoms with E-state index in [-0.39, 0.29) is 0 Å². The molecular formula is C17H29N3S. The number of hydrogen-bond donors (Lipinski definition) is 2. The Morgan fingerprint density at radius 1 is 1.24 bits per heavy atom. The maximum atomic E-state index is 5.48. The summed E-state index contributed by atoms with van der Waals surface area (Å²) >= 11 is 5.48. The molecule has 0 aromatic rings. The van der Waals surface area contributed by atoms with E-state index in [1.165, 1.54) is 58.0 Å². The number of nitrogens with zero attached hydrogens (tertiary/aromatic N) is 1. The van der Waals surface area contributed by atoms with Crippen LogP contribution in [0.5, 0.6) is 0 Å². The van der Waals surface area contributed by atoms with E-state index in [1.807, 2.05) is 0 Å². The average Bonchev–Trinajstić information content (AvgIpc) is 2.54. The molecule has 0 aromatic carbocycles. The Hall–Kier alpha value is -0.610. The van der Waals surface area contributed by atoms with Gasteiger partial charge in [-0.25, -0.2) is 0 Å². The van der Waals surface area contributed by atoms with Crippen molar-refractivity contribution >= 4 is 17.3 Å². The fraction of sp³-hybridized carbons (Fsp3) is 0.824. The number of hydrogen-bond acceptors (Lipinski definition) is 2. The topological polar surface area (TPSA) is 27.3 Å². The molecular weight excluding hydrogens is 278 g/mol. The minimum atomic E-state index is 0.604. The van der Waals surface area contributed by atoms with Gasteiger partial charge in [0.25, 0.3) is 0 Å². The third kappa shape index (κ3) is 3.78. The Morgan fingerprint density at radius 3 is 2.71 bits per heavy atom. The van der Waals surface area contributed by atoms with Crippen molar-refractivity contribution in [3.8, 4) is 0 Å². The molecule has 0 amide bonds. The fourth-order valence-corrected chi connectivity index (χ4v) is 4.60. The minimum absolute atomic E-state index is 0.604. The van der Waals surface area contributed by atoms with Gasteiger partial charge in [0, 0.05) is 25.2 Å². The number of rotatable bonds is 4. The number of piperidine rings is 3. The maximum absolute atomic E-state index is 5.48. The van der Waals surface area contributed by atoms with Crippen LogP contribution in [0.4, 0.5) is 0 Å². The first-order valence-electron chi connectivity index (χ1n) is 8.67. The van der Waals surface area contributed by atoms with Crippen LogP contribution in [-0.4, -0.2) is 41.7 Å². The molecule has 1 aliphatic carbocycles. The molecule has 21 heavy (non-hydrogen) atoms. The monoisotopic (exact) mass is 307 g/mol. The van der Waals surface area contributed by atoms with Crippen molar-refractivity contribution in [3.63, 3.8) is 0 Å². The second-order valence-electron chi connectivity index (χ2n) is 7.02. The smallest absolute Gasteiger partial charge is 0.166 e. The Kier molecular flexibility index (Phi) is 5.17. The van der Waals surface area contributed by atoms with E-state index < -0.39 is 0 Å². The molecule has 3 saturated heterocycles. The molecule has 4 heteroatoms. The van der Waals surface area contributed by atoms with Crippen molar-refractivity contribution in [1.82, 2.24) is 15.5 Å². The normalized spacial score (nSPS) is 36.2. The lowest BCUT2D eigenvalue weighted by Gasteiger charge is -2.49. The first-order chi connectivity index (χ1) is 10.3. The second-order valence-corrected chi connectivity index (χ2v) is 7.43. The fourth-order valence-electron chi connectivity index (χ4n) is 4.35. The summed E-state index contributed by atoms with van der Waals surface area (Å²) in [4.78, 5) is 2.63. The van der Waals surface area contributed by atoms with Crippen molar-refractivity contribution in [2.24, 2.45) is 11.8 Å². The molecule has 2 N–H and O–H groups in total. The summed E-state index contributed by atoms with van der Waals surface area (Å²) in [6.45, 7) is 7.45. The zero-order valence-electron chi connectivity index (χ0n) is 13.0. The predicted octanol–water partition coefficient (Wildman–Crippen LogP) is 2.68. The van der Waals surface area contributed by atoms with Gasteiger partial charge in [0.05, 0.1) is 0 Å². The number of nitrogens with one attached hydrogen (secondary N) is 2. The van der Waals surface area contributed by atoms with Gasteiger partial charge >= 0.3 is 0 Å². The molecule has 0 spiro atoms. The lowest BCUT2D eigenvalue weighted by molar-refractivity contribution is 0.0214. The second kappa shape index (κ2) is 7.10. The first-order valence-corrected chi connectivity index (χ1v) is 9.08. The van der Waals surface area contributed by atoms with Gasteiger partial charge in [0.1, 0.15) is 0 Å². The van der Waals surface area contributed by atoms with Crippen LogP contribution in [0.25, 0.3) is 0 Å². The molecule has 4 aliphatic rings. The number of fused-ring (bicyclic) bond motifs is 3. The first kappa shape index (κ1) is 15.3. The Balaban J connectivity index is 1.41. The Bertz CT molecular complexity index is 378. The van der Waals surface area contributed by atoms with Gasteiger partial charge in [-0.3, -0.25) is 4.90 Å². The molecule has 0 aromatic heterocycles. The summed E-state index contributed by atoms with van der Waals surface area (Å²) in [6, 6.07) is 1.26. The van der Waals surface area contributed by atoms with Gasteiger partial charge in [-0.15, -0.1) is 6.58 Å². The van der Waals surface area contributed by atoms with Crippen LogP contribution >= 0.6 is 12.2 Å². The van der Waals surface area contributed by atoms with Crippen LogP contribution in [0, 0.1) is 11.8 Å². The zero-order valence-corrected chi connectivity index (χ0v) is 13.8. The highest BCUT2D eigenvalue weighted by Crippen LogP contribution is 2.36. The molecule has 0 radical (unpaired) electrons. The van der Waals surface area contributed by atoms with Gasteiger partial charge in [-0.05, 0) is 56.3 Å². The SMILES string of the molecule is C=CC1CN2CCC1CC2CNC(=S)NC1CCCCC1. The van der Waals surface area contributed by atoms with Crippen LogP contribution in [0.15, 0.2) is 12.7 Å². The van der Waals surface area contributed by atoms with Crippen LogP contribution in [-0.2, 0) is 0 Å². The van der Waals surface area contributed by atoms with E-state index in [2.05, 4.69) is 28.2 Å². The van der Waals surface area contributed by atoms with Gasteiger partial charge in [-0.1, -0.05) is 25.3 Å². The highest BCUT2D eigenvalue weighted by atomic mass is 32.1. The van der Waals surface area contributed by atoms with Crippen molar-refractivity contribution in [2.45, 2.75) is 57.0 Å². The average molecular weight is 308 g/mol. The third-order valence-corrected chi connectivity index (χ3v) is 5.93. The van der Waals surface area contributed by atoms with E-state index in [1.54, 1.807) is 0 Å². The molecule has 4 atom stereocenters. The summed E-state index contributed by atoms with van der Waals surface area (Å²) in [5.41, 5.74) is 0. The van der Waals surface area contributed by atoms with Crippen molar-refractivity contribution in [1.29, 1.82) is 0 Å². The molecule has 4 fully saturated rings. The van der Waals surface area contributed by atoms with E-state index in [4.69, 9.17) is 12.2 Å². The van der Waals surface area contributed by atoms with Gasteiger partial charge in [0.15, 0.2) is 5.11 Å². The lowest BCUT2D eigenvalue weighted by atomic mass is 9.75. The van der Waals surface area contributed by atoms with Crippen LogP contribution < -0.4 is 10.6 Å².